The first-order valence-electron chi connectivity index (χ1n) is 8.40. The van der Waals surface area contributed by atoms with Crippen molar-refractivity contribution < 1.29 is 8.42 Å². The molecular formula is C17H22N4O2S. The predicted octanol–water partition coefficient (Wildman–Crippen LogP) is 1.33. The summed E-state index contributed by atoms with van der Waals surface area (Å²) in [6.07, 6.45) is 6.57. The van der Waals surface area contributed by atoms with E-state index in [-0.39, 0.29) is 5.25 Å². The number of pyridine rings is 2. The van der Waals surface area contributed by atoms with Gasteiger partial charge in [0.05, 0.1) is 5.25 Å². The Morgan fingerprint density at radius 1 is 1.04 bits per heavy atom. The fourth-order valence-electron chi connectivity index (χ4n) is 3.70. The SMILES string of the molecule is CS(=O)(=O)C1CC(N2CCN(c3nccc4cccnc34)CC2)C1. The number of fused-ring (bicyclic) bond motifs is 1. The van der Waals surface area contributed by atoms with Gasteiger partial charge in [-0.05, 0) is 25.0 Å². The van der Waals surface area contributed by atoms with Crippen molar-refractivity contribution in [2.45, 2.75) is 24.1 Å². The second-order valence-electron chi connectivity index (χ2n) is 6.81. The first-order chi connectivity index (χ1) is 11.5. The van der Waals surface area contributed by atoms with Gasteiger partial charge in [-0.1, -0.05) is 6.07 Å². The maximum Gasteiger partial charge on any atom is 0.155 e. The standard InChI is InChI=1S/C17H22N4O2S/c1-24(22,23)15-11-14(12-15)20-7-9-21(10-8-20)17-16-13(4-6-19-17)3-2-5-18-16/h2-6,14-15H,7-12H2,1H3. The zero-order valence-corrected chi connectivity index (χ0v) is 14.6. The summed E-state index contributed by atoms with van der Waals surface area (Å²) in [6, 6.07) is 6.41. The number of nitrogens with zero attached hydrogens (tertiary/aromatic N) is 4. The number of hydrogen-bond donors (Lipinski definition) is 0. The maximum absolute atomic E-state index is 11.6. The molecule has 2 aliphatic rings. The van der Waals surface area contributed by atoms with Gasteiger partial charge in [0.15, 0.2) is 5.82 Å². The van der Waals surface area contributed by atoms with Crippen molar-refractivity contribution in [2.24, 2.45) is 0 Å². The van der Waals surface area contributed by atoms with Gasteiger partial charge < -0.3 is 4.90 Å². The van der Waals surface area contributed by atoms with Gasteiger partial charge >= 0.3 is 0 Å². The third-order valence-electron chi connectivity index (χ3n) is 5.31. The first-order valence-corrected chi connectivity index (χ1v) is 10.4. The van der Waals surface area contributed by atoms with Crippen molar-refractivity contribution in [2.75, 3.05) is 37.3 Å². The Labute approximate surface area is 142 Å². The second-order valence-corrected chi connectivity index (χ2v) is 9.14. The van der Waals surface area contributed by atoms with Crippen molar-refractivity contribution in [1.82, 2.24) is 14.9 Å². The Bertz CT molecular complexity index is 835. The lowest BCUT2D eigenvalue weighted by molar-refractivity contribution is 0.122. The van der Waals surface area contributed by atoms with E-state index in [9.17, 15) is 8.42 Å². The van der Waals surface area contributed by atoms with E-state index in [1.54, 1.807) is 0 Å². The van der Waals surface area contributed by atoms with E-state index >= 15 is 0 Å². The quantitative estimate of drug-likeness (QED) is 0.835. The van der Waals surface area contributed by atoms with Gasteiger partial charge in [0, 0.05) is 56.3 Å². The molecule has 7 heteroatoms. The lowest BCUT2D eigenvalue weighted by atomic mass is 9.90. The van der Waals surface area contributed by atoms with Gasteiger partial charge in [-0.15, -0.1) is 0 Å². The Morgan fingerprint density at radius 2 is 1.79 bits per heavy atom. The summed E-state index contributed by atoms with van der Waals surface area (Å²) in [4.78, 5) is 13.8. The minimum absolute atomic E-state index is 0.135. The zero-order chi connectivity index (χ0) is 16.7. The van der Waals surface area contributed by atoms with Crippen LogP contribution in [0.25, 0.3) is 10.9 Å². The average Bonchev–Trinajstić information content (AvgIpc) is 2.52. The molecule has 128 valence electrons. The molecular weight excluding hydrogens is 324 g/mol. The zero-order valence-electron chi connectivity index (χ0n) is 13.8. The van der Waals surface area contributed by atoms with Crippen LogP contribution in [0.2, 0.25) is 0 Å². The summed E-state index contributed by atoms with van der Waals surface area (Å²) in [7, 11) is -2.87. The second kappa shape index (κ2) is 5.97. The molecule has 0 N–H and O–H groups in total. The average molecular weight is 346 g/mol. The van der Waals surface area contributed by atoms with Gasteiger partial charge in [0.1, 0.15) is 15.4 Å². The van der Waals surface area contributed by atoms with Crippen LogP contribution in [-0.4, -0.2) is 67.0 Å². The van der Waals surface area contributed by atoms with Crippen molar-refractivity contribution in [3.05, 3.63) is 30.6 Å². The van der Waals surface area contributed by atoms with E-state index in [1.165, 1.54) is 6.26 Å². The van der Waals surface area contributed by atoms with Gasteiger partial charge in [0.2, 0.25) is 0 Å². The molecule has 0 aromatic carbocycles. The Hall–Kier alpha value is -1.73. The molecule has 1 aliphatic heterocycles. The summed E-state index contributed by atoms with van der Waals surface area (Å²) in [5, 5.41) is 0.976. The van der Waals surface area contributed by atoms with Crippen LogP contribution in [0, 0.1) is 0 Å². The number of aromatic nitrogens is 2. The normalized spacial score (nSPS) is 25.6. The largest absolute Gasteiger partial charge is 0.352 e. The van der Waals surface area contributed by atoms with E-state index in [1.807, 2.05) is 24.5 Å². The van der Waals surface area contributed by atoms with E-state index in [0.29, 0.717) is 6.04 Å². The van der Waals surface area contributed by atoms with Crippen LogP contribution in [-0.2, 0) is 9.84 Å². The van der Waals surface area contributed by atoms with Crippen LogP contribution in [0.4, 0.5) is 5.82 Å². The number of rotatable bonds is 3. The lowest BCUT2D eigenvalue weighted by Crippen LogP contribution is -2.56. The molecule has 2 fully saturated rings. The third kappa shape index (κ3) is 2.86. The fourth-order valence-corrected chi connectivity index (χ4v) is 4.85. The van der Waals surface area contributed by atoms with Crippen LogP contribution >= 0.6 is 0 Å². The van der Waals surface area contributed by atoms with Crippen molar-refractivity contribution in [3.63, 3.8) is 0 Å². The van der Waals surface area contributed by atoms with Crippen molar-refractivity contribution in [1.29, 1.82) is 0 Å². The molecule has 2 aromatic heterocycles. The Morgan fingerprint density at radius 3 is 2.50 bits per heavy atom. The van der Waals surface area contributed by atoms with Crippen LogP contribution in [0.1, 0.15) is 12.8 Å². The van der Waals surface area contributed by atoms with Gasteiger partial charge in [-0.2, -0.15) is 0 Å². The number of hydrogen-bond acceptors (Lipinski definition) is 6. The molecule has 24 heavy (non-hydrogen) atoms. The molecule has 6 nitrogen and oxygen atoms in total. The number of piperazine rings is 1. The van der Waals surface area contributed by atoms with Gasteiger partial charge in [-0.25, -0.2) is 13.4 Å². The highest BCUT2D eigenvalue weighted by Crippen LogP contribution is 2.32. The number of sulfone groups is 1. The van der Waals surface area contributed by atoms with E-state index in [2.05, 4.69) is 25.8 Å². The van der Waals surface area contributed by atoms with Crippen LogP contribution < -0.4 is 4.90 Å². The maximum atomic E-state index is 11.6. The molecule has 3 heterocycles. The predicted molar refractivity (Wildman–Crippen MR) is 95.0 cm³/mol. The highest BCUT2D eigenvalue weighted by atomic mass is 32.2. The molecule has 0 amide bonds. The Balaban J connectivity index is 1.42. The molecule has 1 saturated heterocycles. The fraction of sp³-hybridized carbons (Fsp3) is 0.529. The Kier molecular flexibility index (Phi) is 3.92. The molecule has 2 aromatic rings. The summed E-state index contributed by atoms with van der Waals surface area (Å²) < 4.78 is 23.1. The molecule has 4 rings (SSSR count). The van der Waals surface area contributed by atoms with Crippen molar-refractivity contribution >= 4 is 26.6 Å². The van der Waals surface area contributed by atoms with Gasteiger partial charge in [0.25, 0.3) is 0 Å². The molecule has 1 aliphatic carbocycles. The molecule has 0 radical (unpaired) electrons. The molecule has 0 spiro atoms. The lowest BCUT2D eigenvalue weighted by Gasteiger charge is -2.46. The summed E-state index contributed by atoms with van der Waals surface area (Å²) in [5.74, 6) is 0.954. The van der Waals surface area contributed by atoms with Gasteiger partial charge in [-0.3, -0.25) is 9.88 Å². The smallest absolute Gasteiger partial charge is 0.155 e. The van der Waals surface area contributed by atoms with Crippen LogP contribution in [0.3, 0.4) is 0 Å². The minimum atomic E-state index is -2.87. The van der Waals surface area contributed by atoms with Crippen molar-refractivity contribution in [3.8, 4) is 0 Å². The monoisotopic (exact) mass is 346 g/mol. The highest BCUT2D eigenvalue weighted by Gasteiger charge is 2.40. The topological polar surface area (TPSA) is 66.4 Å². The van der Waals surface area contributed by atoms with E-state index < -0.39 is 9.84 Å². The first kappa shape index (κ1) is 15.8. The number of anilines is 1. The summed E-state index contributed by atoms with van der Waals surface area (Å²) in [5.41, 5.74) is 0.953. The molecule has 0 unspecified atom stereocenters. The summed E-state index contributed by atoms with van der Waals surface area (Å²) in [6.45, 7) is 3.71. The molecule has 0 atom stereocenters. The highest BCUT2D eigenvalue weighted by molar-refractivity contribution is 7.91. The van der Waals surface area contributed by atoms with E-state index in [4.69, 9.17) is 0 Å². The third-order valence-corrected chi connectivity index (χ3v) is 6.90. The minimum Gasteiger partial charge on any atom is -0.352 e. The van der Waals surface area contributed by atoms with Crippen LogP contribution in [0.15, 0.2) is 30.6 Å². The molecule has 0 bridgehead atoms. The summed E-state index contributed by atoms with van der Waals surface area (Å²) >= 11 is 0. The van der Waals surface area contributed by atoms with Crippen LogP contribution in [0.5, 0.6) is 0 Å². The van der Waals surface area contributed by atoms with E-state index in [0.717, 1.165) is 55.7 Å². The molecule has 1 saturated carbocycles.